The molecule has 27 heteroatoms. The van der Waals surface area contributed by atoms with E-state index in [1.54, 1.807) is 125 Å². The van der Waals surface area contributed by atoms with Gasteiger partial charge in [-0.3, -0.25) is 14.4 Å². The van der Waals surface area contributed by atoms with Gasteiger partial charge in [0, 0.05) is 89.5 Å². The number of carbonyl (C=O) groups is 6. The molecule has 0 radical (unpaired) electrons. The number of aliphatic hydroxyl groups excluding tert-OH is 3. The number of rotatable bonds is 21. The highest BCUT2D eigenvalue weighted by atomic mass is 32.1. The van der Waals surface area contributed by atoms with Crippen LogP contribution in [0.25, 0.3) is 0 Å². The van der Waals surface area contributed by atoms with Crippen molar-refractivity contribution >= 4 is 90.6 Å². The number of carboxylic acid groups (broad SMARTS) is 3. The van der Waals surface area contributed by atoms with E-state index in [2.05, 4.69) is 53.8 Å². The van der Waals surface area contributed by atoms with Crippen LogP contribution >= 0.6 is 37.9 Å². The molecule has 90 heavy (non-hydrogen) atoms. The standard InChI is InChI=1S/C63H90N6O18S3/c1-55(2,3)34-25-31(26-35(40(34)73)56(4,5)6)64-46(76)43(88)61(19-22-70,49(79)80)67-52(85)68(62(20-23-71,50(81)82)44(89)47(77)65-32-27-36(57(7,8)9)41(74)37(28-32)58(10,11)12)54(87)69(53(67)86)63(21-24-72,51(83)84)45(90)48(78)66-33-29-38(59(13,14)15)42(75)39(30-33)60(16,17)18/h25-30,43-45,70-75,88-90H,19-24H2,1-18H3,(H,64,76)(H,65,77)(H,66,78)(H,79,80)(H,81,82)(H,83,84). The van der Waals surface area contributed by atoms with Gasteiger partial charge < -0.3 is 61.9 Å². The van der Waals surface area contributed by atoms with Crippen LogP contribution in [0.4, 0.5) is 17.1 Å². The Kier molecular flexibility index (Phi) is 22.2. The van der Waals surface area contributed by atoms with Crippen LogP contribution in [0, 0.1) is 0 Å². The van der Waals surface area contributed by atoms with Gasteiger partial charge in [0.05, 0.1) is 0 Å². The number of phenols is 3. The number of aromatic hydroxyl groups is 3. The Morgan fingerprint density at radius 1 is 0.367 bits per heavy atom. The molecule has 0 saturated heterocycles. The minimum Gasteiger partial charge on any atom is -0.507 e. The summed E-state index contributed by atoms with van der Waals surface area (Å²) in [5.74, 6) is -12.1. The number of nitrogens with one attached hydrogen (secondary N) is 3. The molecule has 1 aromatic heterocycles. The van der Waals surface area contributed by atoms with Gasteiger partial charge in [-0.2, -0.15) is 37.9 Å². The zero-order valence-electron chi connectivity index (χ0n) is 54.3. The number of nitrogens with zero attached hydrogens (tertiary/aromatic N) is 3. The van der Waals surface area contributed by atoms with Crippen molar-refractivity contribution in [1.29, 1.82) is 0 Å². The van der Waals surface area contributed by atoms with Crippen LogP contribution < -0.4 is 33.0 Å². The lowest BCUT2D eigenvalue weighted by atomic mass is 9.79. The van der Waals surface area contributed by atoms with Crippen molar-refractivity contribution in [2.75, 3.05) is 35.8 Å². The normalized spacial score (nSPS) is 15.7. The second-order valence-electron chi connectivity index (χ2n) is 28.9. The molecule has 0 aliphatic rings. The number of benzene rings is 3. The van der Waals surface area contributed by atoms with E-state index in [0.717, 1.165) is 0 Å². The number of aliphatic hydroxyl groups is 3. The minimum atomic E-state index is -3.71. The maximum Gasteiger partial charge on any atom is 0.338 e. The first-order valence-corrected chi connectivity index (χ1v) is 30.5. The fourth-order valence-corrected chi connectivity index (χ4v) is 12.2. The van der Waals surface area contributed by atoms with Crippen LogP contribution in [-0.4, -0.2) is 131 Å². The van der Waals surface area contributed by atoms with E-state index in [1.165, 1.54) is 36.4 Å². The number of carboxylic acids is 3. The number of thiol groups is 3. The summed E-state index contributed by atoms with van der Waals surface area (Å²) in [4.78, 5) is 137. The van der Waals surface area contributed by atoms with Crippen LogP contribution in [0.3, 0.4) is 0 Å². The molecule has 12 N–H and O–H groups in total. The molecule has 24 nitrogen and oxygen atoms in total. The third-order valence-electron chi connectivity index (χ3n) is 16.0. The summed E-state index contributed by atoms with van der Waals surface area (Å²) >= 11 is 13.3. The van der Waals surface area contributed by atoms with Gasteiger partial charge >= 0.3 is 35.0 Å². The topological polar surface area (TPSA) is 387 Å². The molecule has 0 fully saturated rings. The molecule has 498 valence electrons. The predicted octanol–water partition coefficient (Wildman–Crippen LogP) is 6.37. The molecule has 3 amide bonds. The number of anilines is 3. The largest absolute Gasteiger partial charge is 0.507 e. The summed E-state index contributed by atoms with van der Waals surface area (Å²) in [6.45, 7) is 27.1. The molecule has 3 aromatic carbocycles. The van der Waals surface area contributed by atoms with E-state index >= 15 is 28.8 Å². The van der Waals surface area contributed by atoms with E-state index < -0.39 is 170 Å². The van der Waals surface area contributed by atoms with E-state index in [4.69, 9.17) is 0 Å². The maximum atomic E-state index is 16.1. The molecule has 0 aliphatic heterocycles. The van der Waals surface area contributed by atoms with Gasteiger partial charge in [-0.25, -0.2) is 42.5 Å². The van der Waals surface area contributed by atoms with Gasteiger partial charge in [0.2, 0.25) is 17.7 Å². The third-order valence-corrected chi connectivity index (χ3v) is 18.0. The highest BCUT2D eigenvalue weighted by Crippen LogP contribution is 2.45. The summed E-state index contributed by atoms with van der Waals surface area (Å²) in [5.41, 5.74) is -21.9. The quantitative estimate of drug-likeness (QED) is 0.0318. The summed E-state index contributed by atoms with van der Waals surface area (Å²) in [7, 11) is 0. The lowest BCUT2D eigenvalue weighted by molar-refractivity contribution is -0.153. The van der Waals surface area contributed by atoms with Crippen molar-refractivity contribution in [1.82, 2.24) is 13.7 Å². The van der Waals surface area contributed by atoms with Crippen molar-refractivity contribution in [2.45, 2.75) is 209 Å². The molecular formula is C63H90N6O18S3. The summed E-state index contributed by atoms with van der Waals surface area (Å²) in [6, 6.07) is 8.06. The predicted molar refractivity (Wildman–Crippen MR) is 352 cm³/mol. The van der Waals surface area contributed by atoms with Crippen molar-refractivity contribution in [3.05, 3.63) is 101 Å². The van der Waals surface area contributed by atoms with E-state index in [1.807, 2.05) is 0 Å². The number of hydrogen-bond donors (Lipinski definition) is 15. The van der Waals surface area contributed by atoms with Crippen LogP contribution in [0.2, 0.25) is 0 Å². The van der Waals surface area contributed by atoms with Gasteiger partial charge in [0.15, 0.2) is 16.6 Å². The molecule has 0 aliphatic carbocycles. The zero-order chi connectivity index (χ0) is 69.7. The summed E-state index contributed by atoms with van der Waals surface area (Å²) in [5, 5.41) is 102. The van der Waals surface area contributed by atoms with Crippen molar-refractivity contribution in [3.63, 3.8) is 0 Å². The number of amides is 3. The van der Waals surface area contributed by atoms with E-state index in [0.29, 0.717) is 0 Å². The van der Waals surface area contributed by atoms with Crippen molar-refractivity contribution < 1.29 is 74.7 Å². The van der Waals surface area contributed by atoms with Gasteiger partial charge in [-0.15, -0.1) is 0 Å². The molecular weight excluding hydrogens is 1220 g/mol. The first-order chi connectivity index (χ1) is 40.8. The van der Waals surface area contributed by atoms with Crippen molar-refractivity contribution in [2.24, 2.45) is 0 Å². The Morgan fingerprint density at radius 3 is 0.644 bits per heavy atom. The Morgan fingerprint density at radius 2 is 0.522 bits per heavy atom. The number of aliphatic carboxylic acids is 3. The fraction of sp³-hybridized carbons (Fsp3) is 0.571. The highest BCUT2D eigenvalue weighted by Gasteiger charge is 2.60. The Hall–Kier alpha value is -6.78. The zero-order valence-corrected chi connectivity index (χ0v) is 57.0. The second kappa shape index (κ2) is 26.4. The number of carbonyl (C=O) groups excluding carboxylic acids is 3. The molecule has 0 bridgehead atoms. The average molecular weight is 1320 g/mol. The van der Waals surface area contributed by atoms with Gasteiger partial charge in [-0.05, 0) is 68.9 Å². The van der Waals surface area contributed by atoms with Crippen molar-refractivity contribution in [3.8, 4) is 17.2 Å². The van der Waals surface area contributed by atoms with Crippen LogP contribution in [0.1, 0.15) is 177 Å². The molecule has 4 aromatic rings. The number of hydrogen-bond acceptors (Lipinski definition) is 18. The van der Waals surface area contributed by atoms with Gasteiger partial charge in [-0.1, -0.05) is 125 Å². The second-order valence-corrected chi connectivity index (χ2v) is 30.4. The molecule has 1 heterocycles. The first kappa shape index (κ1) is 75.7. The maximum absolute atomic E-state index is 16.1. The van der Waals surface area contributed by atoms with E-state index in [9.17, 15) is 60.3 Å². The van der Waals surface area contributed by atoms with Crippen LogP contribution in [0.5, 0.6) is 17.2 Å². The summed E-state index contributed by atoms with van der Waals surface area (Å²) in [6.07, 6.45) is -4.32. The average Bonchev–Trinajstić information content (AvgIpc) is 0.708. The lowest BCUT2D eigenvalue weighted by Gasteiger charge is -2.41. The Labute approximate surface area is 539 Å². The molecule has 6 atom stereocenters. The van der Waals surface area contributed by atoms with Crippen LogP contribution in [-0.2, 0) is 77.9 Å². The minimum absolute atomic E-state index is 0.117. The molecule has 6 unspecified atom stereocenters. The SMILES string of the molecule is CC(C)(C)c1cc(NC(=O)C(S)C(CCO)(C(=O)O)n2c(=O)n(C(CCO)(C(=O)O)C(S)C(=O)Nc3cc(C(C)(C)C)c(O)c(C(C)(C)C)c3)c(=O)n(C(CCO)(C(=O)O)C(S)C(=O)Nc3cc(C(C)(C)C)c(O)c(C(C)(C)C)c3)c2=O)cc(C(C)(C)C)c1O. The third kappa shape index (κ3) is 14.3. The Balaban J connectivity index is 2.38. The molecule has 0 spiro atoms. The van der Waals surface area contributed by atoms with Gasteiger partial charge in [0.1, 0.15) is 33.0 Å². The molecule has 4 rings (SSSR count). The monoisotopic (exact) mass is 1310 g/mol. The van der Waals surface area contributed by atoms with Crippen LogP contribution in [0.15, 0.2) is 50.8 Å². The van der Waals surface area contributed by atoms with E-state index in [-0.39, 0.29) is 67.7 Å². The Bertz CT molecular complexity index is 3150. The summed E-state index contributed by atoms with van der Waals surface area (Å²) < 4.78 is -1.29. The lowest BCUT2D eigenvalue weighted by Crippen LogP contribution is -2.75. The molecule has 0 saturated carbocycles. The fourth-order valence-electron chi connectivity index (χ4n) is 11.0. The highest BCUT2D eigenvalue weighted by molar-refractivity contribution is 7.82. The number of aromatic nitrogens is 3. The first-order valence-electron chi connectivity index (χ1n) is 28.9. The number of phenolic OH excluding ortho intramolecular Hbond substituents is 3. The van der Waals surface area contributed by atoms with Gasteiger partial charge in [0.25, 0.3) is 0 Å². The smallest absolute Gasteiger partial charge is 0.338 e.